The van der Waals surface area contributed by atoms with Gasteiger partial charge in [-0.2, -0.15) is 0 Å². The number of hydrogen-bond donors (Lipinski definition) is 2. The van der Waals surface area contributed by atoms with Gasteiger partial charge in [0, 0.05) is 35.8 Å². The minimum absolute atomic E-state index is 0.0126. The quantitative estimate of drug-likeness (QED) is 0.420. The molecule has 0 atom stereocenters. The molecule has 0 spiro atoms. The van der Waals surface area contributed by atoms with Crippen molar-refractivity contribution in [1.29, 1.82) is 0 Å². The van der Waals surface area contributed by atoms with Crippen LogP contribution in [0.1, 0.15) is 32.6 Å². The number of ether oxygens (including phenoxy) is 1. The second-order valence-corrected chi connectivity index (χ2v) is 9.05. The molecule has 5 rings (SSSR count). The summed E-state index contributed by atoms with van der Waals surface area (Å²) in [6.45, 7) is 1.80. The third-order valence-corrected chi connectivity index (χ3v) is 6.42. The lowest BCUT2D eigenvalue weighted by molar-refractivity contribution is -0.150. The van der Waals surface area contributed by atoms with Gasteiger partial charge in [0.25, 0.3) is 0 Å². The molecular weight excluding hydrogens is 442 g/mol. The summed E-state index contributed by atoms with van der Waals surface area (Å²) in [4.78, 5) is 32.3. The van der Waals surface area contributed by atoms with Crippen molar-refractivity contribution < 1.29 is 14.6 Å². The maximum Gasteiger partial charge on any atom is 0.309 e. The number of nitrogens with one attached hydrogen (secondary N) is 1. The van der Waals surface area contributed by atoms with E-state index >= 15 is 0 Å². The van der Waals surface area contributed by atoms with E-state index in [1.165, 1.54) is 0 Å². The van der Waals surface area contributed by atoms with E-state index in [2.05, 4.69) is 24.9 Å². The second-order valence-electron chi connectivity index (χ2n) is 8.61. The summed E-state index contributed by atoms with van der Waals surface area (Å²) in [6, 6.07) is 9.38. The Morgan fingerprint density at radius 2 is 1.85 bits per heavy atom. The molecule has 1 aliphatic carbocycles. The highest BCUT2D eigenvalue weighted by atomic mass is 35.5. The minimum atomic E-state index is -0.733. The lowest BCUT2D eigenvalue weighted by Crippen LogP contribution is -2.36. The number of H-pyrrole nitrogens is 1. The Balaban J connectivity index is 1.25. The second kappa shape index (κ2) is 8.44. The molecule has 8 nitrogen and oxygen atoms in total. The lowest BCUT2D eigenvalue weighted by atomic mass is 9.75. The number of aromatic amines is 1. The summed E-state index contributed by atoms with van der Waals surface area (Å²) in [5.41, 5.74) is 3.21. The monoisotopic (exact) mass is 463 g/mol. The van der Waals surface area contributed by atoms with E-state index in [9.17, 15) is 9.90 Å². The van der Waals surface area contributed by atoms with Gasteiger partial charge in [0.1, 0.15) is 11.9 Å². The molecule has 9 heteroatoms. The summed E-state index contributed by atoms with van der Waals surface area (Å²) < 4.78 is 5.98. The van der Waals surface area contributed by atoms with Gasteiger partial charge in [0.15, 0.2) is 5.65 Å². The number of aromatic nitrogens is 5. The van der Waals surface area contributed by atoms with Gasteiger partial charge < -0.3 is 14.8 Å². The minimum Gasteiger partial charge on any atom is -0.481 e. The molecule has 0 aliphatic heterocycles. The number of carbonyl (C=O) groups is 1. The zero-order valence-electron chi connectivity index (χ0n) is 18.0. The molecule has 0 saturated heterocycles. The van der Waals surface area contributed by atoms with Gasteiger partial charge in [-0.05, 0) is 56.9 Å². The highest BCUT2D eigenvalue weighted by molar-refractivity contribution is 6.31. The summed E-state index contributed by atoms with van der Waals surface area (Å²) in [6.07, 6.45) is 7.66. The average Bonchev–Trinajstić information content (AvgIpc) is 3.24. The molecule has 0 radical (unpaired) electrons. The van der Waals surface area contributed by atoms with E-state index in [1.807, 2.05) is 24.3 Å². The first-order valence-corrected chi connectivity index (χ1v) is 11.1. The number of fused-ring (bicyclic) bond motifs is 1. The molecule has 33 heavy (non-hydrogen) atoms. The van der Waals surface area contributed by atoms with Crippen molar-refractivity contribution >= 4 is 28.7 Å². The average molecular weight is 464 g/mol. The van der Waals surface area contributed by atoms with Gasteiger partial charge >= 0.3 is 5.97 Å². The predicted octanol–water partition coefficient (Wildman–Crippen LogP) is 5.15. The highest BCUT2D eigenvalue weighted by Crippen LogP contribution is 2.37. The zero-order chi connectivity index (χ0) is 23.0. The third-order valence-electron chi connectivity index (χ3n) is 6.21. The van der Waals surface area contributed by atoms with E-state index < -0.39 is 11.4 Å². The number of halogens is 1. The van der Waals surface area contributed by atoms with Crippen LogP contribution in [0.25, 0.3) is 33.8 Å². The van der Waals surface area contributed by atoms with Crippen LogP contribution in [0.5, 0.6) is 5.88 Å². The van der Waals surface area contributed by atoms with Crippen LogP contribution in [-0.2, 0) is 4.79 Å². The molecule has 168 valence electrons. The fourth-order valence-electron chi connectivity index (χ4n) is 4.05. The normalized spacial score (nSPS) is 20.6. The van der Waals surface area contributed by atoms with E-state index in [0.717, 1.165) is 22.3 Å². The van der Waals surface area contributed by atoms with Gasteiger partial charge in [0.2, 0.25) is 5.88 Å². The van der Waals surface area contributed by atoms with Crippen LogP contribution in [0.4, 0.5) is 0 Å². The Bertz CT molecular complexity index is 1300. The Hall–Kier alpha value is -3.52. The lowest BCUT2D eigenvalue weighted by Gasteiger charge is -2.33. The van der Waals surface area contributed by atoms with Crippen LogP contribution in [0.2, 0.25) is 5.02 Å². The maximum absolute atomic E-state index is 11.4. The molecule has 0 unspecified atom stereocenters. The van der Waals surface area contributed by atoms with Gasteiger partial charge in [-0.3, -0.25) is 9.78 Å². The van der Waals surface area contributed by atoms with Gasteiger partial charge in [0.05, 0.1) is 21.6 Å². The molecular formula is C24H22ClN5O3. The number of carboxylic acid groups (broad SMARTS) is 1. The summed E-state index contributed by atoms with van der Waals surface area (Å²) >= 11 is 5.99. The predicted molar refractivity (Wildman–Crippen MR) is 124 cm³/mol. The molecule has 0 amide bonds. The van der Waals surface area contributed by atoms with Gasteiger partial charge in [-0.1, -0.05) is 11.6 Å². The highest BCUT2D eigenvalue weighted by Gasteiger charge is 2.38. The molecule has 4 aromatic rings. The van der Waals surface area contributed by atoms with Crippen LogP contribution in [0, 0.1) is 5.41 Å². The maximum atomic E-state index is 11.4. The number of pyridine rings is 3. The summed E-state index contributed by atoms with van der Waals surface area (Å²) in [7, 11) is 0. The van der Waals surface area contributed by atoms with E-state index in [0.29, 0.717) is 48.1 Å². The number of imidazole rings is 1. The molecule has 2 N–H and O–H groups in total. The van der Waals surface area contributed by atoms with Crippen LogP contribution < -0.4 is 4.74 Å². The van der Waals surface area contributed by atoms with Crippen LogP contribution in [0.3, 0.4) is 0 Å². The molecule has 4 aromatic heterocycles. The van der Waals surface area contributed by atoms with Gasteiger partial charge in [-0.15, -0.1) is 0 Å². The van der Waals surface area contributed by atoms with E-state index in [1.54, 1.807) is 31.6 Å². The number of nitrogens with zero attached hydrogens (tertiary/aromatic N) is 4. The van der Waals surface area contributed by atoms with Crippen molar-refractivity contribution in [2.45, 2.75) is 38.7 Å². The molecule has 1 saturated carbocycles. The fraction of sp³-hybridized carbons (Fsp3) is 0.292. The topological polar surface area (TPSA) is 114 Å². The SMILES string of the molecule is CC1(C(=O)O)CCC(Oc2ccc(-c3ccc(-c4nc5ncc(Cl)cc5[nH]4)cn3)cn2)CC1. The Kier molecular flexibility index (Phi) is 5.46. The number of rotatable bonds is 5. The molecule has 0 bridgehead atoms. The van der Waals surface area contributed by atoms with Crippen molar-refractivity contribution in [1.82, 2.24) is 24.9 Å². The third kappa shape index (κ3) is 4.39. The van der Waals surface area contributed by atoms with Crippen molar-refractivity contribution in [3.05, 3.63) is 53.9 Å². The van der Waals surface area contributed by atoms with Crippen LogP contribution >= 0.6 is 11.6 Å². The fourth-order valence-corrected chi connectivity index (χ4v) is 4.21. The summed E-state index contributed by atoms with van der Waals surface area (Å²) in [5.74, 6) is 0.475. The van der Waals surface area contributed by atoms with Crippen LogP contribution in [0.15, 0.2) is 48.9 Å². The Morgan fingerprint density at radius 1 is 1.09 bits per heavy atom. The molecule has 1 fully saturated rings. The summed E-state index contributed by atoms with van der Waals surface area (Å²) in [5, 5.41) is 9.91. The first-order chi connectivity index (χ1) is 15.9. The van der Waals surface area contributed by atoms with Gasteiger partial charge in [-0.25, -0.2) is 15.0 Å². The first kappa shape index (κ1) is 21.3. The Labute approximate surface area is 195 Å². The van der Waals surface area contributed by atoms with E-state index in [-0.39, 0.29) is 6.10 Å². The molecule has 1 aliphatic rings. The number of hydrogen-bond acceptors (Lipinski definition) is 6. The van der Waals surface area contributed by atoms with Crippen molar-refractivity contribution in [2.75, 3.05) is 0 Å². The Morgan fingerprint density at radius 3 is 2.52 bits per heavy atom. The number of carboxylic acids is 1. The molecule has 4 heterocycles. The smallest absolute Gasteiger partial charge is 0.309 e. The molecule has 0 aromatic carbocycles. The zero-order valence-corrected chi connectivity index (χ0v) is 18.7. The van der Waals surface area contributed by atoms with Crippen molar-refractivity contribution in [3.63, 3.8) is 0 Å². The standard InChI is InChI=1S/C24H22ClN5O3/c1-24(23(31)32)8-6-17(7-9-24)33-20-5-3-14(11-27-20)18-4-2-15(12-26-18)21-29-19-10-16(25)13-28-22(19)30-21/h2-5,10-13,17H,6-9H2,1H3,(H,31,32)(H,28,29,30). The van der Waals surface area contributed by atoms with Crippen molar-refractivity contribution in [3.8, 4) is 28.5 Å². The van der Waals surface area contributed by atoms with Crippen LogP contribution in [-0.4, -0.2) is 42.1 Å². The largest absolute Gasteiger partial charge is 0.481 e. The number of aliphatic carboxylic acids is 1. The van der Waals surface area contributed by atoms with E-state index in [4.69, 9.17) is 16.3 Å². The van der Waals surface area contributed by atoms with Crippen molar-refractivity contribution in [2.24, 2.45) is 5.41 Å². The first-order valence-electron chi connectivity index (χ1n) is 10.7.